The molecule has 0 radical (unpaired) electrons. The van der Waals surface area contributed by atoms with Crippen molar-refractivity contribution in [2.45, 2.75) is 26.2 Å². The average Bonchev–Trinajstić information content (AvgIpc) is 2.81. The van der Waals surface area contributed by atoms with Crippen LogP contribution in [-0.4, -0.2) is 23.0 Å². The summed E-state index contributed by atoms with van der Waals surface area (Å²) in [4.78, 5) is 19.6. The summed E-state index contributed by atoms with van der Waals surface area (Å²) < 4.78 is 4.83. The molecule has 0 aliphatic carbocycles. The number of imidazole rings is 1. The van der Waals surface area contributed by atoms with E-state index in [2.05, 4.69) is 9.97 Å². The number of rotatable bonds is 3. The number of benzene rings is 1. The topological polar surface area (TPSA) is 55.0 Å². The molecule has 1 aromatic carbocycles. The van der Waals surface area contributed by atoms with Gasteiger partial charge in [0.25, 0.3) is 0 Å². The number of aromatic amines is 1. The zero-order valence-corrected chi connectivity index (χ0v) is 11.7. The van der Waals surface area contributed by atoms with Crippen LogP contribution in [0.2, 0.25) is 0 Å². The van der Waals surface area contributed by atoms with E-state index in [-0.39, 0.29) is 5.97 Å². The second-order valence-corrected chi connectivity index (χ2v) is 5.04. The highest BCUT2D eigenvalue weighted by molar-refractivity contribution is 5.81. The van der Waals surface area contributed by atoms with Gasteiger partial charge >= 0.3 is 5.97 Å². The maximum absolute atomic E-state index is 11.8. The molecule has 0 unspecified atom stereocenters. The first-order valence-corrected chi connectivity index (χ1v) is 6.17. The lowest BCUT2D eigenvalue weighted by Crippen LogP contribution is -2.31. The molecular formula is C15H18N2O2. The minimum Gasteiger partial charge on any atom is -0.468 e. The van der Waals surface area contributed by atoms with Gasteiger partial charge in [-0.15, -0.1) is 0 Å². The van der Waals surface area contributed by atoms with Gasteiger partial charge in [0.05, 0.1) is 12.8 Å². The van der Waals surface area contributed by atoms with Crippen LogP contribution >= 0.6 is 0 Å². The van der Waals surface area contributed by atoms with Crippen LogP contribution in [0.1, 0.15) is 25.4 Å². The van der Waals surface area contributed by atoms with Crippen molar-refractivity contribution in [1.82, 2.24) is 9.97 Å². The third kappa shape index (κ3) is 2.38. The SMILES string of the molecule is COC(=O)C(C)(C)c1nc(-c2ccccc2)c(C)[nH]1. The van der Waals surface area contributed by atoms with Gasteiger partial charge in [0.2, 0.25) is 0 Å². The highest BCUT2D eigenvalue weighted by Gasteiger charge is 2.34. The quantitative estimate of drug-likeness (QED) is 0.861. The number of nitrogens with one attached hydrogen (secondary N) is 1. The molecule has 1 heterocycles. The number of hydrogen-bond acceptors (Lipinski definition) is 3. The van der Waals surface area contributed by atoms with E-state index in [4.69, 9.17) is 4.74 Å². The summed E-state index contributed by atoms with van der Waals surface area (Å²) in [6.45, 7) is 5.55. The van der Waals surface area contributed by atoms with Gasteiger partial charge in [0.15, 0.2) is 0 Å². The van der Waals surface area contributed by atoms with Crippen LogP contribution in [0.5, 0.6) is 0 Å². The molecule has 0 atom stereocenters. The van der Waals surface area contributed by atoms with Crippen molar-refractivity contribution in [1.29, 1.82) is 0 Å². The molecule has 0 bridgehead atoms. The Labute approximate surface area is 112 Å². The summed E-state index contributed by atoms with van der Waals surface area (Å²) in [5.74, 6) is 0.316. The van der Waals surface area contributed by atoms with Gasteiger partial charge in [-0.05, 0) is 20.8 Å². The average molecular weight is 258 g/mol. The number of nitrogens with zero attached hydrogens (tertiary/aromatic N) is 1. The molecule has 0 fully saturated rings. The molecule has 1 aromatic heterocycles. The molecule has 19 heavy (non-hydrogen) atoms. The predicted molar refractivity (Wildman–Crippen MR) is 73.8 cm³/mol. The second-order valence-electron chi connectivity index (χ2n) is 5.04. The monoisotopic (exact) mass is 258 g/mol. The summed E-state index contributed by atoms with van der Waals surface area (Å²) in [7, 11) is 1.39. The van der Waals surface area contributed by atoms with Crippen LogP contribution in [0.3, 0.4) is 0 Å². The van der Waals surface area contributed by atoms with Crippen LogP contribution in [0.15, 0.2) is 30.3 Å². The largest absolute Gasteiger partial charge is 0.468 e. The maximum Gasteiger partial charge on any atom is 0.318 e. The van der Waals surface area contributed by atoms with Gasteiger partial charge in [0.1, 0.15) is 11.2 Å². The molecular weight excluding hydrogens is 240 g/mol. The van der Waals surface area contributed by atoms with Crippen molar-refractivity contribution in [2.75, 3.05) is 7.11 Å². The lowest BCUT2D eigenvalue weighted by Gasteiger charge is -2.18. The number of aryl methyl sites for hydroxylation is 1. The van der Waals surface area contributed by atoms with Crippen molar-refractivity contribution >= 4 is 5.97 Å². The van der Waals surface area contributed by atoms with Gasteiger partial charge in [-0.2, -0.15) is 0 Å². The first-order chi connectivity index (χ1) is 8.96. The summed E-state index contributed by atoms with van der Waals surface area (Å²) >= 11 is 0. The van der Waals surface area contributed by atoms with Crippen molar-refractivity contribution in [2.24, 2.45) is 0 Å². The second kappa shape index (κ2) is 4.88. The molecule has 2 rings (SSSR count). The minimum absolute atomic E-state index is 0.305. The van der Waals surface area contributed by atoms with E-state index in [0.717, 1.165) is 17.0 Å². The number of ether oxygens (including phenoxy) is 1. The van der Waals surface area contributed by atoms with Gasteiger partial charge in [0, 0.05) is 11.3 Å². The lowest BCUT2D eigenvalue weighted by atomic mass is 9.93. The van der Waals surface area contributed by atoms with E-state index in [9.17, 15) is 4.79 Å². The number of H-pyrrole nitrogens is 1. The molecule has 0 aliphatic rings. The number of hydrogen-bond donors (Lipinski definition) is 1. The fourth-order valence-electron chi connectivity index (χ4n) is 1.99. The minimum atomic E-state index is -0.785. The zero-order valence-electron chi connectivity index (χ0n) is 11.7. The number of aromatic nitrogens is 2. The molecule has 100 valence electrons. The van der Waals surface area contributed by atoms with Crippen molar-refractivity contribution in [3.8, 4) is 11.3 Å². The van der Waals surface area contributed by atoms with E-state index in [1.807, 2.05) is 37.3 Å². The zero-order chi connectivity index (χ0) is 14.0. The predicted octanol–water partition coefficient (Wildman–Crippen LogP) is 2.84. The number of carbonyl (C=O) groups is 1. The van der Waals surface area contributed by atoms with Crippen LogP contribution < -0.4 is 0 Å². The van der Waals surface area contributed by atoms with Crippen molar-refractivity contribution in [3.63, 3.8) is 0 Å². The summed E-state index contributed by atoms with van der Waals surface area (Å²) in [6.07, 6.45) is 0. The number of carbonyl (C=O) groups excluding carboxylic acids is 1. The Morgan fingerprint density at radius 1 is 1.26 bits per heavy atom. The van der Waals surface area contributed by atoms with E-state index < -0.39 is 5.41 Å². The highest BCUT2D eigenvalue weighted by Crippen LogP contribution is 2.27. The van der Waals surface area contributed by atoms with E-state index in [0.29, 0.717) is 5.82 Å². The van der Waals surface area contributed by atoms with Gasteiger partial charge in [-0.3, -0.25) is 4.79 Å². The fourth-order valence-corrected chi connectivity index (χ4v) is 1.99. The molecule has 4 heteroatoms. The van der Waals surface area contributed by atoms with Crippen LogP contribution in [0.25, 0.3) is 11.3 Å². The fraction of sp³-hybridized carbons (Fsp3) is 0.333. The molecule has 0 spiro atoms. The molecule has 0 saturated heterocycles. The van der Waals surface area contributed by atoms with Crippen molar-refractivity contribution in [3.05, 3.63) is 41.9 Å². The first kappa shape index (κ1) is 13.3. The Hall–Kier alpha value is -2.10. The van der Waals surface area contributed by atoms with Crippen LogP contribution in [0, 0.1) is 6.92 Å². The van der Waals surface area contributed by atoms with E-state index >= 15 is 0 Å². The third-order valence-corrected chi connectivity index (χ3v) is 3.22. The standard InChI is InChI=1S/C15H18N2O2/c1-10-12(11-8-6-5-7-9-11)17-13(16-10)15(2,3)14(18)19-4/h5-9H,1-4H3,(H,16,17). The van der Waals surface area contributed by atoms with E-state index in [1.165, 1.54) is 7.11 Å². The highest BCUT2D eigenvalue weighted by atomic mass is 16.5. The molecule has 2 aromatic rings. The Kier molecular flexibility index (Phi) is 3.42. The third-order valence-electron chi connectivity index (χ3n) is 3.22. The Morgan fingerprint density at radius 3 is 2.47 bits per heavy atom. The van der Waals surface area contributed by atoms with Crippen molar-refractivity contribution < 1.29 is 9.53 Å². The molecule has 0 aliphatic heterocycles. The van der Waals surface area contributed by atoms with Gasteiger partial charge in [-0.1, -0.05) is 30.3 Å². The normalized spacial score (nSPS) is 11.4. The Bertz CT molecular complexity index is 585. The summed E-state index contributed by atoms with van der Waals surface area (Å²) in [5, 5.41) is 0. The molecule has 0 saturated carbocycles. The first-order valence-electron chi connectivity index (χ1n) is 6.17. The van der Waals surface area contributed by atoms with Gasteiger partial charge in [-0.25, -0.2) is 4.98 Å². The number of esters is 1. The lowest BCUT2D eigenvalue weighted by molar-refractivity contribution is -0.146. The Morgan fingerprint density at radius 2 is 1.89 bits per heavy atom. The summed E-state index contributed by atoms with van der Waals surface area (Å²) in [6, 6.07) is 9.89. The molecule has 4 nitrogen and oxygen atoms in total. The smallest absolute Gasteiger partial charge is 0.318 e. The summed E-state index contributed by atoms with van der Waals surface area (Å²) in [5.41, 5.74) is 2.06. The molecule has 1 N–H and O–H groups in total. The van der Waals surface area contributed by atoms with Gasteiger partial charge < -0.3 is 9.72 Å². The molecule has 0 amide bonds. The Balaban J connectivity index is 2.45. The number of methoxy groups -OCH3 is 1. The van der Waals surface area contributed by atoms with Crippen LogP contribution in [-0.2, 0) is 14.9 Å². The van der Waals surface area contributed by atoms with E-state index in [1.54, 1.807) is 13.8 Å². The maximum atomic E-state index is 11.8. The van der Waals surface area contributed by atoms with Crippen LogP contribution in [0.4, 0.5) is 0 Å².